The van der Waals surface area contributed by atoms with E-state index in [0.29, 0.717) is 18.8 Å². The maximum atomic E-state index is 11.4. The third-order valence-electron chi connectivity index (χ3n) is 2.06. The summed E-state index contributed by atoms with van der Waals surface area (Å²) in [6.07, 6.45) is 1.63. The molecule has 1 aromatic heterocycles. The maximum absolute atomic E-state index is 11.4. The number of aliphatic hydroxyl groups excluding tert-OH is 1. The Hall–Kier alpha value is -1.47. The molecular formula is C9H17N5O2. The molecule has 1 aromatic rings. The summed E-state index contributed by atoms with van der Waals surface area (Å²) < 4.78 is 1.43. The zero-order valence-corrected chi connectivity index (χ0v) is 9.26. The van der Waals surface area contributed by atoms with Gasteiger partial charge in [0.2, 0.25) is 5.91 Å². The molecule has 1 rings (SSSR count). The lowest BCUT2D eigenvalue weighted by molar-refractivity contribution is -0.122. The first kappa shape index (κ1) is 12.6. The number of rotatable bonds is 6. The Morgan fingerprint density at radius 3 is 3.06 bits per heavy atom. The van der Waals surface area contributed by atoms with Crippen LogP contribution in [0.15, 0.2) is 6.20 Å². The molecule has 0 saturated carbocycles. The van der Waals surface area contributed by atoms with E-state index in [1.54, 1.807) is 6.20 Å². The normalized spacial score (nSPS) is 12.4. The van der Waals surface area contributed by atoms with Crippen LogP contribution in [0.25, 0.3) is 0 Å². The number of carbonyl (C=O) groups is 1. The molecule has 1 heterocycles. The SMILES string of the molecule is CC(CO)CNC(=O)Cn1cc(CN)nn1. The number of nitrogens with one attached hydrogen (secondary N) is 1. The molecule has 7 heteroatoms. The van der Waals surface area contributed by atoms with E-state index < -0.39 is 0 Å². The van der Waals surface area contributed by atoms with Crippen LogP contribution in [-0.2, 0) is 17.9 Å². The fourth-order valence-electron chi connectivity index (χ4n) is 1.06. The Morgan fingerprint density at radius 1 is 1.75 bits per heavy atom. The molecule has 1 unspecified atom stereocenters. The lowest BCUT2D eigenvalue weighted by Gasteiger charge is -2.09. The van der Waals surface area contributed by atoms with Crippen molar-refractivity contribution in [2.45, 2.75) is 20.0 Å². The van der Waals surface area contributed by atoms with Gasteiger partial charge in [-0.3, -0.25) is 4.79 Å². The van der Waals surface area contributed by atoms with E-state index in [1.165, 1.54) is 4.68 Å². The summed E-state index contributed by atoms with van der Waals surface area (Å²) >= 11 is 0. The molecule has 0 aliphatic rings. The first-order valence-electron chi connectivity index (χ1n) is 5.12. The largest absolute Gasteiger partial charge is 0.396 e. The van der Waals surface area contributed by atoms with E-state index in [9.17, 15) is 4.79 Å². The van der Waals surface area contributed by atoms with Gasteiger partial charge in [-0.05, 0) is 5.92 Å². The molecule has 0 saturated heterocycles. The molecule has 0 spiro atoms. The number of amides is 1. The molecule has 0 bridgehead atoms. The van der Waals surface area contributed by atoms with Crippen molar-refractivity contribution >= 4 is 5.91 Å². The number of nitrogens with two attached hydrogens (primary N) is 1. The van der Waals surface area contributed by atoms with Gasteiger partial charge in [-0.1, -0.05) is 12.1 Å². The van der Waals surface area contributed by atoms with Gasteiger partial charge in [-0.25, -0.2) is 4.68 Å². The molecule has 0 aliphatic heterocycles. The van der Waals surface area contributed by atoms with E-state index in [2.05, 4.69) is 15.6 Å². The molecule has 4 N–H and O–H groups in total. The van der Waals surface area contributed by atoms with E-state index in [4.69, 9.17) is 10.8 Å². The maximum Gasteiger partial charge on any atom is 0.241 e. The van der Waals surface area contributed by atoms with Gasteiger partial charge in [0.25, 0.3) is 0 Å². The predicted octanol–water partition coefficient (Wildman–Crippen LogP) is -1.52. The van der Waals surface area contributed by atoms with E-state index >= 15 is 0 Å². The Balaban J connectivity index is 2.33. The topological polar surface area (TPSA) is 106 Å². The van der Waals surface area contributed by atoms with Crippen LogP contribution in [0.5, 0.6) is 0 Å². The minimum atomic E-state index is -0.159. The van der Waals surface area contributed by atoms with Crippen LogP contribution < -0.4 is 11.1 Å². The molecular weight excluding hydrogens is 210 g/mol. The first-order valence-corrected chi connectivity index (χ1v) is 5.12. The van der Waals surface area contributed by atoms with Crippen LogP contribution in [-0.4, -0.2) is 39.2 Å². The highest BCUT2D eigenvalue weighted by molar-refractivity contribution is 5.75. The second-order valence-corrected chi connectivity index (χ2v) is 3.70. The van der Waals surface area contributed by atoms with Crippen molar-refractivity contribution in [1.29, 1.82) is 0 Å². The molecule has 0 aliphatic carbocycles. The van der Waals surface area contributed by atoms with Crippen LogP contribution in [0.3, 0.4) is 0 Å². The van der Waals surface area contributed by atoms with E-state index in [1.807, 2.05) is 6.92 Å². The third-order valence-corrected chi connectivity index (χ3v) is 2.06. The minimum Gasteiger partial charge on any atom is -0.396 e. The number of aromatic nitrogens is 3. The summed E-state index contributed by atoms with van der Waals surface area (Å²) in [5.74, 6) is -0.104. The summed E-state index contributed by atoms with van der Waals surface area (Å²) in [4.78, 5) is 11.4. The fourth-order valence-corrected chi connectivity index (χ4v) is 1.06. The third kappa shape index (κ3) is 3.95. The van der Waals surface area contributed by atoms with Gasteiger partial charge in [0, 0.05) is 19.7 Å². The molecule has 90 valence electrons. The molecule has 1 atom stereocenters. The highest BCUT2D eigenvalue weighted by atomic mass is 16.3. The Kier molecular flexibility index (Phi) is 4.87. The van der Waals surface area contributed by atoms with Gasteiger partial charge in [0.1, 0.15) is 6.54 Å². The van der Waals surface area contributed by atoms with Gasteiger partial charge in [-0.15, -0.1) is 5.10 Å². The van der Waals surface area contributed by atoms with E-state index in [-0.39, 0.29) is 25.0 Å². The summed E-state index contributed by atoms with van der Waals surface area (Å²) in [5, 5.41) is 19.0. The van der Waals surface area contributed by atoms with Crippen molar-refractivity contribution in [2.24, 2.45) is 11.7 Å². The highest BCUT2D eigenvalue weighted by Crippen LogP contribution is 1.92. The number of aliphatic hydroxyl groups is 1. The van der Waals surface area contributed by atoms with Gasteiger partial charge < -0.3 is 16.2 Å². The second kappa shape index (κ2) is 6.19. The molecule has 1 amide bonds. The Labute approximate surface area is 93.6 Å². The van der Waals surface area contributed by atoms with Crippen molar-refractivity contribution in [3.05, 3.63) is 11.9 Å². The Morgan fingerprint density at radius 2 is 2.50 bits per heavy atom. The quantitative estimate of drug-likeness (QED) is 0.547. The molecule has 0 radical (unpaired) electrons. The van der Waals surface area contributed by atoms with Crippen molar-refractivity contribution in [3.8, 4) is 0 Å². The predicted molar refractivity (Wildman–Crippen MR) is 57.2 cm³/mol. The zero-order valence-electron chi connectivity index (χ0n) is 9.26. The van der Waals surface area contributed by atoms with Crippen LogP contribution in [0, 0.1) is 5.92 Å². The van der Waals surface area contributed by atoms with Gasteiger partial charge in [0.05, 0.1) is 11.9 Å². The lowest BCUT2D eigenvalue weighted by atomic mass is 10.2. The van der Waals surface area contributed by atoms with E-state index in [0.717, 1.165) is 0 Å². The van der Waals surface area contributed by atoms with Crippen LogP contribution in [0.2, 0.25) is 0 Å². The molecule has 7 nitrogen and oxygen atoms in total. The van der Waals surface area contributed by atoms with Crippen LogP contribution in [0.4, 0.5) is 0 Å². The summed E-state index contributed by atoms with van der Waals surface area (Å²) in [6.45, 7) is 2.78. The molecule has 16 heavy (non-hydrogen) atoms. The second-order valence-electron chi connectivity index (χ2n) is 3.70. The molecule has 0 fully saturated rings. The summed E-state index contributed by atoms with van der Waals surface area (Å²) in [6, 6.07) is 0. The van der Waals surface area contributed by atoms with Gasteiger partial charge in [-0.2, -0.15) is 0 Å². The summed E-state index contributed by atoms with van der Waals surface area (Å²) in [5.41, 5.74) is 6.02. The highest BCUT2D eigenvalue weighted by Gasteiger charge is 2.06. The molecule has 0 aromatic carbocycles. The average Bonchev–Trinajstić information content (AvgIpc) is 2.73. The fraction of sp³-hybridized carbons (Fsp3) is 0.667. The van der Waals surface area contributed by atoms with Crippen molar-refractivity contribution in [1.82, 2.24) is 20.3 Å². The number of nitrogens with zero attached hydrogens (tertiary/aromatic N) is 3. The number of hydrogen-bond acceptors (Lipinski definition) is 5. The lowest BCUT2D eigenvalue weighted by Crippen LogP contribution is -2.32. The standard InChI is InChI=1S/C9H17N5O2/c1-7(6-15)3-11-9(16)5-14-4-8(2-10)12-13-14/h4,7,15H,2-3,5-6,10H2,1H3,(H,11,16). The zero-order chi connectivity index (χ0) is 12.0. The first-order chi connectivity index (χ1) is 7.65. The smallest absolute Gasteiger partial charge is 0.241 e. The monoisotopic (exact) mass is 227 g/mol. The summed E-state index contributed by atoms with van der Waals surface area (Å²) in [7, 11) is 0. The van der Waals surface area contributed by atoms with Gasteiger partial charge >= 0.3 is 0 Å². The van der Waals surface area contributed by atoms with Crippen LogP contribution in [0.1, 0.15) is 12.6 Å². The average molecular weight is 227 g/mol. The van der Waals surface area contributed by atoms with Crippen molar-refractivity contribution in [3.63, 3.8) is 0 Å². The minimum absolute atomic E-state index is 0.0549. The number of hydrogen-bond donors (Lipinski definition) is 3. The number of carbonyl (C=O) groups excluding carboxylic acids is 1. The Bertz CT molecular complexity index is 338. The van der Waals surface area contributed by atoms with Crippen molar-refractivity contribution < 1.29 is 9.90 Å². The van der Waals surface area contributed by atoms with Crippen molar-refractivity contribution in [2.75, 3.05) is 13.2 Å². The van der Waals surface area contributed by atoms with Crippen LogP contribution >= 0.6 is 0 Å². The van der Waals surface area contributed by atoms with Gasteiger partial charge in [0.15, 0.2) is 0 Å².